The molecule has 0 saturated carbocycles. The van der Waals surface area contributed by atoms with Crippen molar-refractivity contribution in [1.29, 1.82) is 0 Å². The van der Waals surface area contributed by atoms with Gasteiger partial charge in [0, 0.05) is 10.9 Å². The molecule has 2 nitrogen and oxygen atoms in total. The van der Waals surface area contributed by atoms with Gasteiger partial charge in [0.15, 0.2) is 6.29 Å². The Hall–Kier alpha value is -1.06. The van der Waals surface area contributed by atoms with E-state index in [1.165, 1.54) is 17.2 Å². The summed E-state index contributed by atoms with van der Waals surface area (Å²) in [7, 11) is 0. The third kappa shape index (κ3) is 2.52. The molecule has 1 saturated heterocycles. The van der Waals surface area contributed by atoms with Gasteiger partial charge in [-0.1, -0.05) is 40.2 Å². The van der Waals surface area contributed by atoms with E-state index in [-0.39, 0.29) is 6.29 Å². The van der Waals surface area contributed by atoms with Gasteiger partial charge in [-0.05, 0) is 35.7 Å². The Labute approximate surface area is 115 Å². The normalized spacial score (nSPS) is 19.9. The third-order valence-electron chi connectivity index (χ3n) is 3.19. The fourth-order valence-corrected chi connectivity index (χ4v) is 2.85. The fraction of sp³-hybridized carbons (Fsp3) is 0.333. The largest absolute Gasteiger partial charge is 0.465 e. The first-order chi connectivity index (χ1) is 8.83. The summed E-state index contributed by atoms with van der Waals surface area (Å²) in [6.07, 6.45) is 3.21. The van der Waals surface area contributed by atoms with Gasteiger partial charge in [0.2, 0.25) is 0 Å². The topological polar surface area (TPSA) is 18.5 Å². The maximum absolute atomic E-state index is 5.89. The molecule has 0 aromatic heterocycles. The van der Waals surface area contributed by atoms with Crippen molar-refractivity contribution in [2.75, 3.05) is 6.61 Å². The smallest absolute Gasteiger partial charge is 0.199 e. The van der Waals surface area contributed by atoms with Gasteiger partial charge in [-0.3, -0.25) is 0 Å². The van der Waals surface area contributed by atoms with E-state index < -0.39 is 0 Å². The van der Waals surface area contributed by atoms with Crippen molar-refractivity contribution in [2.45, 2.75) is 25.6 Å². The molecule has 0 spiro atoms. The van der Waals surface area contributed by atoms with Crippen LogP contribution in [-0.2, 0) is 4.74 Å². The van der Waals surface area contributed by atoms with Crippen LogP contribution in [-0.4, -0.2) is 12.9 Å². The van der Waals surface area contributed by atoms with E-state index in [9.17, 15) is 0 Å². The molecule has 1 atom stereocenters. The summed E-state index contributed by atoms with van der Waals surface area (Å²) >= 11 is 3.59. The molecule has 0 bridgehead atoms. The van der Waals surface area contributed by atoms with Gasteiger partial charge in [0.1, 0.15) is 5.75 Å². The van der Waals surface area contributed by atoms with E-state index in [1.807, 2.05) is 18.2 Å². The average molecular weight is 307 g/mol. The molecule has 1 fully saturated rings. The van der Waals surface area contributed by atoms with Crippen LogP contribution in [0.1, 0.15) is 19.3 Å². The highest BCUT2D eigenvalue weighted by Crippen LogP contribution is 2.30. The zero-order valence-electron chi connectivity index (χ0n) is 10.1. The summed E-state index contributed by atoms with van der Waals surface area (Å²) in [6, 6.07) is 12.3. The summed E-state index contributed by atoms with van der Waals surface area (Å²) in [5, 5.41) is 2.38. The summed E-state index contributed by atoms with van der Waals surface area (Å²) in [5.41, 5.74) is 0. The first-order valence-corrected chi connectivity index (χ1v) is 7.09. The van der Waals surface area contributed by atoms with Crippen LogP contribution in [0.5, 0.6) is 5.75 Å². The lowest BCUT2D eigenvalue weighted by Crippen LogP contribution is -2.24. The van der Waals surface area contributed by atoms with Crippen LogP contribution in [0.15, 0.2) is 40.9 Å². The number of fused-ring (bicyclic) bond motifs is 1. The van der Waals surface area contributed by atoms with E-state index in [1.54, 1.807) is 0 Å². The van der Waals surface area contributed by atoms with Crippen LogP contribution in [0.2, 0.25) is 0 Å². The minimum Gasteiger partial charge on any atom is -0.465 e. The van der Waals surface area contributed by atoms with Gasteiger partial charge in [-0.15, -0.1) is 0 Å². The number of hydrogen-bond donors (Lipinski definition) is 0. The van der Waals surface area contributed by atoms with Gasteiger partial charge in [-0.2, -0.15) is 0 Å². The minimum absolute atomic E-state index is 0.0909. The molecule has 0 amide bonds. The molecule has 2 aromatic rings. The Balaban J connectivity index is 1.87. The Bertz CT molecular complexity index is 547. The Morgan fingerprint density at radius 1 is 1.17 bits per heavy atom. The molecule has 3 rings (SSSR count). The number of halogens is 1. The SMILES string of the molecule is Brc1cc(OC2CCCCO2)cc2ccccc12. The first kappa shape index (κ1) is 12.0. The highest BCUT2D eigenvalue weighted by atomic mass is 79.9. The summed E-state index contributed by atoms with van der Waals surface area (Å²) < 4.78 is 12.5. The van der Waals surface area contributed by atoms with Crippen LogP contribution in [0.4, 0.5) is 0 Å². The maximum atomic E-state index is 5.89. The molecule has 1 aliphatic rings. The number of ether oxygens (including phenoxy) is 2. The average Bonchev–Trinajstić information content (AvgIpc) is 2.40. The van der Waals surface area contributed by atoms with E-state index >= 15 is 0 Å². The van der Waals surface area contributed by atoms with Crippen molar-refractivity contribution < 1.29 is 9.47 Å². The van der Waals surface area contributed by atoms with Gasteiger partial charge in [0.25, 0.3) is 0 Å². The molecular weight excluding hydrogens is 292 g/mol. The molecule has 0 N–H and O–H groups in total. The van der Waals surface area contributed by atoms with Gasteiger partial charge in [-0.25, -0.2) is 0 Å². The van der Waals surface area contributed by atoms with Crippen molar-refractivity contribution >= 4 is 26.7 Å². The summed E-state index contributed by atoms with van der Waals surface area (Å²) in [5.74, 6) is 0.868. The van der Waals surface area contributed by atoms with Crippen LogP contribution in [0.25, 0.3) is 10.8 Å². The van der Waals surface area contributed by atoms with Crippen LogP contribution < -0.4 is 4.74 Å². The minimum atomic E-state index is -0.0909. The summed E-state index contributed by atoms with van der Waals surface area (Å²) in [6.45, 7) is 0.805. The van der Waals surface area contributed by atoms with E-state index in [0.717, 1.165) is 29.7 Å². The quantitative estimate of drug-likeness (QED) is 0.813. The lowest BCUT2D eigenvalue weighted by molar-refractivity contribution is -0.105. The van der Waals surface area contributed by atoms with Crippen LogP contribution in [0, 0.1) is 0 Å². The number of hydrogen-bond acceptors (Lipinski definition) is 2. The second-order valence-corrected chi connectivity index (χ2v) is 5.39. The second-order valence-electron chi connectivity index (χ2n) is 4.54. The Morgan fingerprint density at radius 2 is 2.06 bits per heavy atom. The molecule has 0 radical (unpaired) electrons. The van der Waals surface area contributed by atoms with Crippen molar-refractivity contribution in [3.05, 3.63) is 40.9 Å². The fourth-order valence-electron chi connectivity index (χ4n) is 2.26. The highest BCUT2D eigenvalue weighted by Gasteiger charge is 2.15. The molecule has 1 unspecified atom stereocenters. The predicted molar refractivity (Wildman–Crippen MR) is 75.9 cm³/mol. The number of rotatable bonds is 2. The third-order valence-corrected chi connectivity index (χ3v) is 3.85. The van der Waals surface area contributed by atoms with Crippen LogP contribution >= 0.6 is 15.9 Å². The molecule has 18 heavy (non-hydrogen) atoms. The predicted octanol–water partition coefficient (Wildman–Crippen LogP) is 4.51. The molecule has 3 heteroatoms. The zero-order valence-corrected chi connectivity index (χ0v) is 11.7. The van der Waals surface area contributed by atoms with E-state index in [4.69, 9.17) is 9.47 Å². The van der Waals surface area contributed by atoms with Crippen molar-refractivity contribution in [3.63, 3.8) is 0 Å². The van der Waals surface area contributed by atoms with E-state index in [2.05, 4.69) is 34.1 Å². The standard InChI is InChI=1S/C15H15BrO2/c16-14-10-12(18-15-7-3-4-8-17-15)9-11-5-1-2-6-13(11)14/h1-2,5-6,9-10,15H,3-4,7-8H2. The summed E-state index contributed by atoms with van der Waals surface area (Å²) in [4.78, 5) is 0. The lowest BCUT2D eigenvalue weighted by atomic mass is 10.1. The molecule has 1 aliphatic heterocycles. The van der Waals surface area contributed by atoms with Gasteiger partial charge in [0.05, 0.1) is 6.61 Å². The van der Waals surface area contributed by atoms with E-state index in [0.29, 0.717) is 0 Å². The van der Waals surface area contributed by atoms with Crippen molar-refractivity contribution in [1.82, 2.24) is 0 Å². The molecule has 2 aromatic carbocycles. The highest BCUT2D eigenvalue weighted by molar-refractivity contribution is 9.10. The van der Waals surface area contributed by atoms with Crippen molar-refractivity contribution in [3.8, 4) is 5.75 Å². The lowest BCUT2D eigenvalue weighted by Gasteiger charge is -2.23. The first-order valence-electron chi connectivity index (χ1n) is 6.29. The van der Waals surface area contributed by atoms with Crippen molar-refractivity contribution in [2.24, 2.45) is 0 Å². The molecule has 0 aliphatic carbocycles. The zero-order chi connectivity index (χ0) is 12.4. The molecular formula is C15H15BrO2. The van der Waals surface area contributed by atoms with Gasteiger partial charge < -0.3 is 9.47 Å². The Kier molecular flexibility index (Phi) is 3.52. The molecule has 94 valence electrons. The Morgan fingerprint density at radius 3 is 2.89 bits per heavy atom. The molecule has 1 heterocycles. The second kappa shape index (κ2) is 5.29. The van der Waals surface area contributed by atoms with Crippen LogP contribution in [0.3, 0.4) is 0 Å². The maximum Gasteiger partial charge on any atom is 0.199 e. The van der Waals surface area contributed by atoms with Gasteiger partial charge >= 0.3 is 0 Å². The number of benzene rings is 2. The monoisotopic (exact) mass is 306 g/mol.